The molecule has 5 rings (SSSR count). The van der Waals surface area contributed by atoms with Gasteiger partial charge in [-0.3, -0.25) is 9.59 Å². The molecule has 0 aliphatic carbocycles. The minimum absolute atomic E-state index is 0. The molecule has 11 heteroatoms. The van der Waals surface area contributed by atoms with E-state index in [9.17, 15) is 23.5 Å². The zero-order valence-electron chi connectivity index (χ0n) is 18.9. The molecular weight excluding hydrogens is 480 g/mol. The number of hydrogen-bond donors (Lipinski definition) is 2. The molecule has 1 amide bonds. The minimum Gasteiger partial charge on any atom is -0.480 e. The number of fused-ring (bicyclic) bond motifs is 1. The van der Waals surface area contributed by atoms with E-state index in [2.05, 4.69) is 5.10 Å². The molecule has 2 fully saturated rings. The normalized spacial score (nSPS) is 19.6. The van der Waals surface area contributed by atoms with Gasteiger partial charge in [0.15, 0.2) is 0 Å². The molecule has 186 valence electrons. The highest BCUT2D eigenvalue weighted by Crippen LogP contribution is 2.38. The van der Waals surface area contributed by atoms with Crippen LogP contribution in [0.3, 0.4) is 0 Å². The Balaban J connectivity index is 0.00000289. The van der Waals surface area contributed by atoms with Crippen molar-refractivity contribution in [2.45, 2.75) is 37.3 Å². The number of benzene rings is 1. The Morgan fingerprint density at radius 3 is 2.57 bits per heavy atom. The summed E-state index contributed by atoms with van der Waals surface area (Å²) in [4.78, 5) is 28.3. The molecular formula is C24H26ClF2N5O3. The third kappa shape index (κ3) is 4.43. The number of aromatic nitrogens is 2. The van der Waals surface area contributed by atoms with E-state index in [0.29, 0.717) is 29.6 Å². The van der Waals surface area contributed by atoms with E-state index in [-0.39, 0.29) is 50.3 Å². The number of carboxylic acids is 1. The van der Waals surface area contributed by atoms with Crippen LogP contribution in [0.15, 0.2) is 42.7 Å². The SMILES string of the molecule is Cl.NC1(C(=O)O)CCN(C(=O)c2cnn3ccc(N4CCC[C@@H]4c4cc(F)ccc4F)cc23)CC1. The zero-order chi connectivity index (χ0) is 24.0. The Kier molecular flexibility index (Phi) is 6.70. The maximum Gasteiger partial charge on any atom is 0.323 e. The van der Waals surface area contributed by atoms with E-state index in [1.54, 1.807) is 15.6 Å². The summed E-state index contributed by atoms with van der Waals surface area (Å²) in [5, 5.41) is 13.6. The largest absolute Gasteiger partial charge is 0.480 e. The Labute approximate surface area is 206 Å². The maximum absolute atomic E-state index is 14.5. The van der Waals surface area contributed by atoms with Gasteiger partial charge in [-0.15, -0.1) is 12.4 Å². The lowest BCUT2D eigenvalue weighted by Crippen LogP contribution is -2.56. The first-order valence-electron chi connectivity index (χ1n) is 11.3. The molecule has 2 aliphatic heterocycles. The number of carbonyl (C=O) groups excluding carboxylic acids is 1. The average Bonchev–Trinajstić information content (AvgIpc) is 3.47. The molecule has 0 saturated carbocycles. The van der Waals surface area contributed by atoms with E-state index in [4.69, 9.17) is 5.73 Å². The van der Waals surface area contributed by atoms with Crippen LogP contribution in [0.2, 0.25) is 0 Å². The van der Waals surface area contributed by atoms with Gasteiger partial charge in [-0.25, -0.2) is 13.3 Å². The number of rotatable bonds is 4. The molecule has 0 bridgehead atoms. The number of carbonyl (C=O) groups is 2. The Hall–Kier alpha value is -3.24. The lowest BCUT2D eigenvalue weighted by atomic mass is 9.88. The minimum atomic E-state index is -1.32. The predicted octanol–water partition coefficient (Wildman–Crippen LogP) is 3.39. The Bertz CT molecular complexity index is 1280. The van der Waals surface area contributed by atoms with Crippen LogP contribution in [0.5, 0.6) is 0 Å². The fraction of sp³-hybridized carbons (Fsp3) is 0.375. The number of piperidine rings is 1. The summed E-state index contributed by atoms with van der Waals surface area (Å²) in [7, 11) is 0. The smallest absolute Gasteiger partial charge is 0.323 e. The molecule has 1 atom stereocenters. The second-order valence-corrected chi connectivity index (χ2v) is 9.04. The maximum atomic E-state index is 14.5. The summed E-state index contributed by atoms with van der Waals surface area (Å²) in [6.07, 6.45) is 5.10. The molecule has 0 spiro atoms. The van der Waals surface area contributed by atoms with Crippen molar-refractivity contribution < 1.29 is 23.5 Å². The predicted molar refractivity (Wildman–Crippen MR) is 128 cm³/mol. The van der Waals surface area contributed by atoms with Gasteiger partial charge in [-0.1, -0.05) is 0 Å². The molecule has 3 N–H and O–H groups in total. The highest BCUT2D eigenvalue weighted by molar-refractivity contribution is 6.01. The van der Waals surface area contributed by atoms with Crippen molar-refractivity contribution in [3.63, 3.8) is 0 Å². The summed E-state index contributed by atoms with van der Waals surface area (Å²) in [5.41, 5.74) is 6.72. The summed E-state index contributed by atoms with van der Waals surface area (Å²) >= 11 is 0. The van der Waals surface area contributed by atoms with Crippen molar-refractivity contribution >= 4 is 35.5 Å². The van der Waals surface area contributed by atoms with Crippen LogP contribution in [-0.4, -0.2) is 56.7 Å². The number of nitrogens with two attached hydrogens (primary N) is 1. The number of hydrogen-bond acceptors (Lipinski definition) is 5. The van der Waals surface area contributed by atoms with Gasteiger partial charge >= 0.3 is 5.97 Å². The van der Waals surface area contributed by atoms with Crippen LogP contribution in [0.4, 0.5) is 14.5 Å². The first-order chi connectivity index (χ1) is 16.3. The van der Waals surface area contributed by atoms with E-state index in [1.165, 1.54) is 12.3 Å². The van der Waals surface area contributed by atoms with Crippen LogP contribution in [0.25, 0.3) is 5.52 Å². The molecule has 8 nitrogen and oxygen atoms in total. The fourth-order valence-corrected chi connectivity index (χ4v) is 4.98. The van der Waals surface area contributed by atoms with Gasteiger partial charge in [0.2, 0.25) is 0 Å². The monoisotopic (exact) mass is 505 g/mol. The summed E-state index contributed by atoms with van der Waals surface area (Å²) in [6.45, 7) is 1.16. The van der Waals surface area contributed by atoms with Crippen LogP contribution in [0, 0.1) is 11.6 Å². The molecule has 2 saturated heterocycles. The highest BCUT2D eigenvalue weighted by atomic mass is 35.5. The number of anilines is 1. The molecule has 35 heavy (non-hydrogen) atoms. The van der Waals surface area contributed by atoms with Gasteiger partial charge in [0.05, 0.1) is 23.3 Å². The van der Waals surface area contributed by atoms with Crippen molar-refractivity contribution in [1.82, 2.24) is 14.5 Å². The molecule has 0 unspecified atom stereocenters. The summed E-state index contributed by atoms with van der Waals surface area (Å²) in [6, 6.07) is 6.88. The van der Waals surface area contributed by atoms with Crippen molar-refractivity contribution in [2.75, 3.05) is 24.5 Å². The van der Waals surface area contributed by atoms with E-state index >= 15 is 0 Å². The van der Waals surface area contributed by atoms with Crippen molar-refractivity contribution in [3.8, 4) is 0 Å². The lowest BCUT2D eigenvalue weighted by molar-refractivity contribution is -0.145. The van der Waals surface area contributed by atoms with Gasteiger partial charge < -0.3 is 20.6 Å². The number of nitrogens with zero attached hydrogens (tertiary/aromatic N) is 4. The molecule has 4 heterocycles. The fourth-order valence-electron chi connectivity index (χ4n) is 4.98. The van der Waals surface area contributed by atoms with E-state index in [1.807, 2.05) is 17.0 Å². The van der Waals surface area contributed by atoms with Gasteiger partial charge in [0.25, 0.3) is 5.91 Å². The lowest BCUT2D eigenvalue weighted by Gasteiger charge is -2.36. The third-order valence-corrected chi connectivity index (χ3v) is 7.01. The molecule has 2 aliphatic rings. The van der Waals surface area contributed by atoms with E-state index < -0.39 is 23.1 Å². The third-order valence-electron chi connectivity index (χ3n) is 7.01. The number of pyridine rings is 1. The van der Waals surface area contributed by atoms with Gasteiger partial charge in [0.1, 0.15) is 17.2 Å². The number of carboxylic acid groups (broad SMARTS) is 1. The number of likely N-dealkylation sites (tertiary alicyclic amines) is 1. The topological polar surface area (TPSA) is 104 Å². The van der Waals surface area contributed by atoms with Gasteiger partial charge in [-0.2, -0.15) is 5.10 Å². The van der Waals surface area contributed by atoms with Gasteiger partial charge in [0, 0.05) is 37.1 Å². The second-order valence-electron chi connectivity index (χ2n) is 9.04. The number of aliphatic carboxylic acids is 1. The Morgan fingerprint density at radius 2 is 1.86 bits per heavy atom. The van der Waals surface area contributed by atoms with E-state index in [0.717, 1.165) is 24.2 Å². The van der Waals surface area contributed by atoms with Crippen molar-refractivity contribution in [1.29, 1.82) is 0 Å². The molecule has 1 aromatic carbocycles. The van der Waals surface area contributed by atoms with Gasteiger partial charge in [-0.05, 0) is 56.0 Å². The van der Waals surface area contributed by atoms with Crippen LogP contribution < -0.4 is 10.6 Å². The standard InChI is InChI=1S/C24H25F2N5O3.ClH/c25-15-3-4-19(26)17(12-15)20-2-1-8-30(20)16-5-9-31-21(13-16)18(14-28-31)22(32)29-10-6-24(27,7-11-29)23(33)34;/h3-5,9,12-14,20H,1-2,6-8,10-11,27H2,(H,33,34);1H/t20-;/m1./s1. The zero-order valence-corrected chi connectivity index (χ0v) is 19.7. The van der Waals surface area contributed by atoms with Crippen molar-refractivity contribution in [3.05, 3.63) is 65.5 Å². The highest BCUT2D eigenvalue weighted by Gasteiger charge is 2.39. The summed E-state index contributed by atoms with van der Waals surface area (Å²) in [5.74, 6) is -2.22. The molecule has 0 radical (unpaired) electrons. The number of amides is 1. The molecule has 2 aromatic heterocycles. The van der Waals surface area contributed by atoms with Crippen LogP contribution in [0.1, 0.15) is 47.6 Å². The first kappa shape index (κ1) is 24.9. The van der Waals surface area contributed by atoms with Crippen LogP contribution in [-0.2, 0) is 4.79 Å². The first-order valence-corrected chi connectivity index (χ1v) is 11.3. The average molecular weight is 506 g/mol. The van der Waals surface area contributed by atoms with Crippen LogP contribution >= 0.6 is 12.4 Å². The Morgan fingerprint density at radius 1 is 1.11 bits per heavy atom. The van der Waals surface area contributed by atoms with Crippen molar-refractivity contribution in [2.24, 2.45) is 5.73 Å². The number of halogens is 3. The second kappa shape index (κ2) is 9.43. The summed E-state index contributed by atoms with van der Waals surface area (Å²) < 4.78 is 29.9. The quantitative estimate of drug-likeness (QED) is 0.563. The molecule has 3 aromatic rings.